The minimum absolute atomic E-state index is 0.801. The SMILES string of the molecule is CON1CCCCCC(C)C1. The average Bonchev–Trinajstić information content (AvgIpc) is 1.96. The Kier molecular flexibility index (Phi) is 3.87. The predicted molar refractivity (Wildman–Crippen MR) is 46.2 cm³/mol. The van der Waals surface area contributed by atoms with Crippen molar-refractivity contribution in [3.8, 4) is 0 Å². The molecule has 0 radical (unpaired) electrons. The van der Waals surface area contributed by atoms with Crippen molar-refractivity contribution in [2.75, 3.05) is 20.2 Å². The molecule has 0 aromatic heterocycles. The van der Waals surface area contributed by atoms with E-state index in [2.05, 4.69) is 12.0 Å². The van der Waals surface area contributed by atoms with Crippen molar-refractivity contribution in [2.45, 2.75) is 32.6 Å². The molecule has 0 N–H and O–H groups in total. The normalized spacial score (nSPS) is 29.5. The maximum absolute atomic E-state index is 5.23. The third kappa shape index (κ3) is 3.21. The summed E-state index contributed by atoms with van der Waals surface area (Å²) in [5.41, 5.74) is 0. The van der Waals surface area contributed by atoms with E-state index >= 15 is 0 Å². The van der Waals surface area contributed by atoms with Gasteiger partial charge in [0.05, 0.1) is 7.11 Å². The van der Waals surface area contributed by atoms with E-state index in [1.807, 2.05) is 0 Å². The average molecular weight is 157 g/mol. The van der Waals surface area contributed by atoms with Crippen LogP contribution in [0.4, 0.5) is 0 Å². The molecular weight excluding hydrogens is 138 g/mol. The molecule has 0 aromatic carbocycles. The molecule has 66 valence electrons. The minimum Gasteiger partial charge on any atom is -0.302 e. The summed E-state index contributed by atoms with van der Waals surface area (Å²) in [6.07, 6.45) is 5.42. The van der Waals surface area contributed by atoms with Crippen molar-refractivity contribution in [3.63, 3.8) is 0 Å². The number of hydrogen-bond donors (Lipinski definition) is 0. The predicted octanol–water partition coefficient (Wildman–Crippen LogP) is 2.06. The van der Waals surface area contributed by atoms with Gasteiger partial charge in [-0.05, 0) is 18.8 Å². The Bertz CT molecular complexity index is 106. The minimum atomic E-state index is 0.801. The highest BCUT2D eigenvalue weighted by Gasteiger charge is 2.12. The molecule has 1 fully saturated rings. The number of nitrogens with zero attached hydrogens (tertiary/aromatic N) is 1. The van der Waals surface area contributed by atoms with Gasteiger partial charge < -0.3 is 4.84 Å². The van der Waals surface area contributed by atoms with Gasteiger partial charge in [-0.2, -0.15) is 5.06 Å². The second kappa shape index (κ2) is 4.73. The molecule has 1 heterocycles. The van der Waals surface area contributed by atoms with Crippen LogP contribution in [0.5, 0.6) is 0 Å². The van der Waals surface area contributed by atoms with E-state index in [1.54, 1.807) is 7.11 Å². The Morgan fingerprint density at radius 2 is 2.09 bits per heavy atom. The van der Waals surface area contributed by atoms with Crippen LogP contribution < -0.4 is 0 Å². The fraction of sp³-hybridized carbons (Fsp3) is 1.00. The van der Waals surface area contributed by atoms with Gasteiger partial charge in [-0.15, -0.1) is 0 Å². The summed E-state index contributed by atoms with van der Waals surface area (Å²) in [4.78, 5) is 5.23. The number of hydroxylamine groups is 2. The van der Waals surface area contributed by atoms with Gasteiger partial charge in [0.15, 0.2) is 0 Å². The molecule has 1 aliphatic heterocycles. The second-order valence-corrected chi connectivity index (χ2v) is 3.53. The molecule has 1 atom stereocenters. The first kappa shape index (κ1) is 9.01. The maximum atomic E-state index is 5.23. The fourth-order valence-electron chi connectivity index (χ4n) is 1.65. The van der Waals surface area contributed by atoms with Crippen LogP contribution in [-0.4, -0.2) is 25.3 Å². The van der Waals surface area contributed by atoms with E-state index in [1.165, 1.54) is 25.7 Å². The molecule has 0 amide bonds. The summed E-state index contributed by atoms with van der Waals surface area (Å²) in [7, 11) is 1.77. The van der Waals surface area contributed by atoms with Gasteiger partial charge in [-0.25, -0.2) is 0 Å². The number of rotatable bonds is 1. The molecular formula is C9H19NO. The summed E-state index contributed by atoms with van der Waals surface area (Å²) < 4.78 is 0. The molecule has 0 spiro atoms. The Balaban J connectivity index is 2.29. The van der Waals surface area contributed by atoms with Crippen molar-refractivity contribution in [1.82, 2.24) is 5.06 Å². The first-order chi connectivity index (χ1) is 5.33. The third-order valence-electron chi connectivity index (χ3n) is 2.38. The molecule has 0 saturated carbocycles. The van der Waals surface area contributed by atoms with Gasteiger partial charge in [0, 0.05) is 13.1 Å². The van der Waals surface area contributed by atoms with Crippen LogP contribution in [0, 0.1) is 5.92 Å². The molecule has 0 aromatic rings. The monoisotopic (exact) mass is 157 g/mol. The standard InChI is InChI=1S/C9H19NO/c1-9-6-4-3-5-7-10(8-9)11-2/h9H,3-8H2,1-2H3. The second-order valence-electron chi connectivity index (χ2n) is 3.53. The molecule has 1 unspecified atom stereocenters. The quantitative estimate of drug-likeness (QED) is 0.577. The van der Waals surface area contributed by atoms with Gasteiger partial charge in [0.1, 0.15) is 0 Å². The zero-order valence-electron chi connectivity index (χ0n) is 7.68. The summed E-state index contributed by atoms with van der Waals surface area (Å²) in [5, 5.41) is 2.09. The Hall–Kier alpha value is -0.0800. The van der Waals surface area contributed by atoms with Crippen LogP contribution in [0.3, 0.4) is 0 Å². The highest BCUT2D eigenvalue weighted by Crippen LogP contribution is 2.15. The summed E-state index contributed by atoms with van der Waals surface area (Å²) in [6, 6.07) is 0. The van der Waals surface area contributed by atoms with E-state index in [9.17, 15) is 0 Å². The van der Waals surface area contributed by atoms with Gasteiger partial charge in [0.25, 0.3) is 0 Å². The van der Waals surface area contributed by atoms with Crippen LogP contribution in [0.15, 0.2) is 0 Å². The first-order valence-corrected chi connectivity index (χ1v) is 4.62. The van der Waals surface area contributed by atoms with Gasteiger partial charge >= 0.3 is 0 Å². The lowest BCUT2D eigenvalue weighted by atomic mass is 10.0. The third-order valence-corrected chi connectivity index (χ3v) is 2.38. The first-order valence-electron chi connectivity index (χ1n) is 4.62. The van der Waals surface area contributed by atoms with E-state index in [0.717, 1.165) is 19.0 Å². The molecule has 1 rings (SSSR count). The zero-order valence-corrected chi connectivity index (χ0v) is 7.68. The summed E-state index contributed by atoms with van der Waals surface area (Å²) in [5.74, 6) is 0.801. The smallest absolute Gasteiger partial charge is 0.0575 e. The van der Waals surface area contributed by atoms with E-state index in [4.69, 9.17) is 4.84 Å². The van der Waals surface area contributed by atoms with Crippen molar-refractivity contribution in [1.29, 1.82) is 0 Å². The topological polar surface area (TPSA) is 12.5 Å². The van der Waals surface area contributed by atoms with Gasteiger partial charge in [0.2, 0.25) is 0 Å². The van der Waals surface area contributed by atoms with Crippen molar-refractivity contribution < 1.29 is 4.84 Å². The van der Waals surface area contributed by atoms with Crippen molar-refractivity contribution >= 4 is 0 Å². The summed E-state index contributed by atoms with van der Waals surface area (Å²) in [6.45, 7) is 4.52. The lowest BCUT2D eigenvalue weighted by Crippen LogP contribution is -2.30. The van der Waals surface area contributed by atoms with E-state index in [-0.39, 0.29) is 0 Å². The van der Waals surface area contributed by atoms with Crippen molar-refractivity contribution in [3.05, 3.63) is 0 Å². The summed E-state index contributed by atoms with van der Waals surface area (Å²) >= 11 is 0. The largest absolute Gasteiger partial charge is 0.302 e. The molecule has 2 heteroatoms. The lowest BCUT2D eigenvalue weighted by Gasteiger charge is -2.25. The van der Waals surface area contributed by atoms with Crippen molar-refractivity contribution in [2.24, 2.45) is 5.92 Å². The molecule has 2 nitrogen and oxygen atoms in total. The Labute approximate surface area is 69.5 Å². The van der Waals surface area contributed by atoms with E-state index in [0.29, 0.717) is 0 Å². The van der Waals surface area contributed by atoms with E-state index < -0.39 is 0 Å². The molecule has 0 aliphatic carbocycles. The highest BCUT2D eigenvalue weighted by atomic mass is 16.7. The molecule has 1 saturated heterocycles. The molecule has 11 heavy (non-hydrogen) atoms. The van der Waals surface area contributed by atoms with Crippen LogP contribution in [-0.2, 0) is 4.84 Å². The van der Waals surface area contributed by atoms with Crippen LogP contribution >= 0.6 is 0 Å². The zero-order chi connectivity index (χ0) is 8.10. The molecule has 1 aliphatic rings. The number of hydrogen-bond acceptors (Lipinski definition) is 2. The van der Waals surface area contributed by atoms with Gasteiger partial charge in [-0.1, -0.05) is 19.8 Å². The van der Waals surface area contributed by atoms with Crippen LogP contribution in [0.25, 0.3) is 0 Å². The highest BCUT2D eigenvalue weighted by molar-refractivity contribution is 4.61. The fourth-order valence-corrected chi connectivity index (χ4v) is 1.65. The van der Waals surface area contributed by atoms with Crippen LogP contribution in [0.2, 0.25) is 0 Å². The maximum Gasteiger partial charge on any atom is 0.0575 e. The Morgan fingerprint density at radius 1 is 1.27 bits per heavy atom. The lowest BCUT2D eigenvalue weighted by molar-refractivity contribution is -0.142. The van der Waals surface area contributed by atoms with Gasteiger partial charge in [-0.3, -0.25) is 0 Å². The Morgan fingerprint density at radius 3 is 2.82 bits per heavy atom. The molecule has 0 bridgehead atoms. The van der Waals surface area contributed by atoms with Crippen LogP contribution in [0.1, 0.15) is 32.6 Å².